The summed E-state index contributed by atoms with van der Waals surface area (Å²) in [7, 11) is -3.88. The highest BCUT2D eigenvalue weighted by atomic mass is 79.9. The van der Waals surface area contributed by atoms with Crippen molar-refractivity contribution in [3.05, 3.63) is 62.5 Å². The summed E-state index contributed by atoms with van der Waals surface area (Å²) in [5, 5.41) is 3.51. The molecule has 1 fully saturated rings. The first-order valence-corrected chi connectivity index (χ1v) is 15.1. The van der Waals surface area contributed by atoms with Crippen LogP contribution in [0.25, 0.3) is 0 Å². The molecule has 0 spiro atoms. The zero-order chi connectivity index (χ0) is 26.5. The Kier molecular flexibility index (Phi) is 10.1. The number of hydrogen-bond acceptors (Lipinski definition) is 4. The van der Waals surface area contributed by atoms with Crippen LogP contribution >= 0.6 is 39.1 Å². The standard InChI is InChI=1S/C25H30BrCl2N3O4S/c1-17(25(33)29-21-6-4-3-5-7-21)30(15-18-8-10-19(26)11-9-18)24(32)16-31(36(2,34)35)23-13-12-20(27)14-22(23)28/h8-14,17,21H,3-7,15-16H2,1-2H3,(H,29,33). The van der Waals surface area contributed by atoms with Gasteiger partial charge in [-0.25, -0.2) is 8.42 Å². The molecule has 11 heteroatoms. The second-order valence-corrected chi connectivity index (χ2v) is 12.7. The van der Waals surface area contributed by atoms with Crippen LogP contribution in [0.2, 0.25) is 10.0 Å². The van der Waals surface area contributed by atoms with Crippen LogP contribution in [-0.4, -0.2) is 50.0 Å². The zero-order valence-electron chi connectivity index (χ0n) is 20.2. The molecule has 1 atom stereocenters. The molecule has 1 aliphatic rings. The predicted octanol–water partition coefficient (Wildman–Crippen LogP) is 5.39. The molecule has 1 N–H and O–H groups in total. The van der Waals surface area contributed by atoms with E-state index in [1.807, 2.05) is 24.3 Å². The van der Waals surface area contributed by atoms with Crippen LogP contribution in [-0.2, 0) is 26.2 Å². The molecule has 0 heterocycles. The second kappa shape index (κ2) is 12.6. The Labute approximate surface area is 231 Å². The molecule has 7 nitrogen and oxygen atoms in total. The highest BCUT2D eigenvalue weighted by Gasteiger charge is 2.31. The monoisotopic (exact) mass is 617 g/mol. The van der Waals surface area contributed by atoms with Crippen molar-refractivity contribution >= 4 is 66.7 Å². The van der Waals surface area contributed by atoms with Crippen molar-refractivity contribution in [3.8, 4) is 0 Å². The van der Waals surface area contributed by atoms with Gasteiger partial charge in [0.1, 0.15) is 12.6 Å². The Bertz CT molecular complexity index is 1190. The zero-order valence-corrected chi connectivity index (χ0v) is 24.1. The van der Waals surface area contributed by atoms with Crippen LogP contribution in [0, 0.1) is 0 Å². The molecule has 0 bridgehead atoms. The fourth-order valence-corrected chi connectivity index (χ4v) is 5.90. The van der Waals surface area contributed by atoms with Crippen LogP contribution in [0.15, 0.2) is 46.9 Å². The summed E-state index contributed by atoms with van der Waals surface area (Å²) in [6, 6.07) is 11.0. The number of carbonyl (C=O) groups excluding carboxylic acids is 2. The van der Waals surface area contributed by atoms with Gasteiger partial charge in [0.2, 0.25) is 21.8 Å². The molecule has 0 radical (unpaired) electrons. The van der Waals surface area contributed by atoms with Crippen LogP contribution in [0.4, 0.5) is 5.69 Å². The van der Waals surface area contributed by atoms with E-state index >= 15 is 0 Å². The van der Waals surface area contributed by atoms with Crippen LogP contribution in [0.5, 0.6) is 0 Å². The van der Waals surface area contributed by atoms with Gasteiger partial charge in [-0.05, 0) is 55.7 Å². The number of halogens is 3. The molecular weight excluding hydrogens is 589 g/mol. The molecule has 2 amide bonds. The van der Waals surface area contributed by atoms with Crippen molar-refractivity contribution in [3.63, 3.8) is 0 Å². The van der Waals surface area contributed by atoms with Crippen molar-refractivity contribution in [1.82, 2.24) is 10.2 Å². The normalized spacial score (nSPS) is 15.2. The molecule has 0 aliphatic heterocycles. The van der Waals surface area contributed by atoms with E-state index < -0.39 is 28.5 Å². The Morgan fingerprint density at radius 2 is 1.72 bits per heavy atom. The SMILES string of the molecule is CC(C(=O)NC1CCCCC1)N(Cc1ccc(Br)cc1)C(=O)CN(c1ccc(Cl)cc1Cl)S(C)(=O)=O. The maximum Gasteiger partial charge on any atom is 0.244 e. The van der Waals surface area contributed by atoms with Gasteiger partial charge in [0, 0.05) is 22.1 Å². The summed E-state index contributed by atoms with van der Waals surface area (Å²) in [6.07, 6.45) is 6.11. The summed E-state index contributed by atoms with van der Waals surface area (Å²) < 4.78 is 27.2. The lowest BCUT2D eigenvalue weighted by Gasteiger charge is -2.33. The number of amides is 2. The summed E-state index contributed by atoms with van der Waals surface area (Å²) in [4.78, 5) is 28.2. The lowest BCUT2D eigenvalue weighted by Crippen LogP contribution is -2.53. The molecule has 196 valence electrons. The minimum absolute atomic E-state index is 0.0822. The van der Waals surface area contributed by atoms with E-state index in [0.29, 0.717) is 5.02 Å². The van der Waals surface area contributed by atoms with Crippen molar-refractivity contribution in [1.29, 1.82) is 0 Å². The minimum Gasteiger partial charge on any atom is -0.352 e. The molecule has 1 saturated carbocycles. The Morgan fingerprint density at radius 3 is 2.31 bits per heavy atom. The Hall–Kier alpha value is -1.81. The van der Waals surface area contributed by atoms with Gasteiger partial charge in [0.15, 0.2) is 0 Å². The number of rotatable bonds is 9. The smallest absolute Gasteiger partial charge is 0.244 e. The van der Waals surface area contributed by atoms with E-state index in [1.165, 1.54) is 23.1 Å². The van der Waals surface area contributed by atoms with Gasteiger partial charge in [-0.2, -0.15) is 0 Å². The summed E-state index contributed by atoms with van der Waals surface area (Å²) >= 11 is 15.7. The van der Waals surface area contributed by atoms with Gasteiger partial charge >= 0.3 is 0 Å². The minimum atomic E-state index is -3.88. The van der Waals surface area contributed by atoms with Gasteiger partial charge < -0.3 is 10.2 Å². The largest absolute Gasteiger partial charge is 0.352 e. The maximum atomic E-state index is 13.6. The first-order chi connectivity index (χ1) is 17.0. The van der Waals surface area contributed by atoms with Crippen LogP contribution < -0.4 is 9.62 Å². The lowest BCUT2D eigenvalue weighted by atomic mass is 9.95. The number of nitrogens with zero attached hydrogens (tertiary/aromatic N) is 2. The summed E-state index contributed by atoms with van der Waals surface area (Å²) in [5.41, 5.74) is 0.944. The van der Waals surface area contributed by atoms with Gasteiger partial charge in [0.05, 0.1) is 17.0 Å². The lowest BCUT2D eigenvalue weighted by molar-refractivity contribution is -0.139. The number of anilines is 1. The predicted molar refractivity (Wildman–Crippen MR) is 148 cm³/mol. The van der Waals surface area contributed by atoms with Crippen molar-refractivity contribution in [2.24, 2.45) is 0 Å². The van der Waals surface area contributed by atoms with E-state index in [9.17, 15) is 18.0 Å². The van der Waals surface area contributed by atoms with Crippen LogP contribution in [0.1, 0.15) is 44.6 Å². The van der Waals surface area contributed by atoms with E-state index in [-0.39, 0.29) is 29.2 Å². The molecule has 0 saturated heterocycles. The second-order valence-electron chi connectivity index (χ2n) is 9.03. The molecule has 36 heavy (non-hydrogen) atoms. The average molecular weight is 619 g/mol. The van der Waals surface area contributed by atoms with E-state index in [4.69, 9.17) is 23.2 Å². The van der Waals surface area contributed by atoms with Crippen molar-refractivity contribution in [2.45, 2.75) is 57.7 Å². The molecule has 1 unspecified atom stereocenters. The van der Waals surface area contributed by atoms with Gasteiger partial charge in [-0.1, -0.05) is 70.5 Å². The molecular formula is C25H30BrCl2N3O4S. The number of benzene rings is 2. The first kappa shape index (κ1) is 28.8. The van der Waals surface area contributed by atoms with E-state index in [0.717, 1.165) is 52.7 Å². The molecule has 3 rings (SSSR count). The van der Waals surface area contributed by atoms with E-state index in [2.05, 4.69) is 21.2 Å². The van der Waals surface area contributed by atoms with Gasteiger partial charge in [-0.15, -0.1) is 0 Å². The Balaban J connectivity index is 1.88. The maximum absolute atomic E-state index is 13.6. The van der Waals surface area contributed by atoms with Gasteiger partial charge in [0.25, 0.3) is 0 Å². The van der Waals surface area contributed by atoms with Crippen molar-refractivity contribution < 1.29 is 18.0 Å². The highest BCUT2D eigenvalue weighted by Crippen LogP contribution is 2.30. The fourth-order valence-electron chi connectivity index (χ4n) is 4.22. The fraction of sp³-hybridized carbons (Fsp3) is 0.440. The number of sulfonamides is 1. The number of carbonyl (C=O) groups is 2. The molecule has 0 aromatic heterocycles. The summed E-state index contributed by atoms with van der Waals surface area (Å²) in [5.74, 6) is -0.788. The molecule has 2 aromatic carbocycles. The van der Waals surface area contributed by atoms with Crippen molar-refractivity contribution in [2.75, 3.05) is 17.1 Å². The summed E-state index contributed by atoms with van der Waals surface area (Å²) in [6.45, 7) is 1.28. The quantitative estimate of drug-likeness (QED) is 0.408. The third kappa shape index (κ3) is 7.84. The first-order valence-electron chi connectivity index (χ1n) is 11.7. The topological polar surface area (TPSA) is 86.8 Å². The molecule has 1 aliphatic carbocycles. The highest BCUT2D eigenvalue weighted by molar-refractivity contribution is 9.10. The Morgan fingerprint density at radius 1 is 1.08 bits per heavy atom. The number of nitrogens with one attached hydrogen (secondary N) is 1. The number of hydrogen-bond donors (Lipinski definition) is 1. The van der Waals surface area contributed by atoms with Crippen LogP contribution in [0.3, 0.4) is 0 Å². The van der Waals surface area contributed by atoms with E-state index in [1.54, 1.807) is 6.92 Å². The molecule has 2 aromatic rings. The average Bonchev–Trinajstić information content (AvgIpc) is 2.82. The third-order valence-electron chi connectivity index (χ3n) is 6.24. The third-order valence-corrected chi connectivity index (χ3v) is 8.44. The van der Waals surface area contributed by atoms with Gasteiger partial charge in [-0.3, -0.25) is 13.9 Å².